The average molecular weight is 496 g/mol. The van der Waals surface area contributed by atoms with E-state index < -0.39 is 35.9 Å². The smallest absolute Gasteiger partial charge is 0.407 e. The molecule has 36 heavy (non-hydrogen) atoms. The summed E-state index contributed by atoms with van der Waals surface area (Å²) in [5.74, 6) is -0.593. The first-order chi connectivity index (χ1) is 17.2. The van der Waals surface area contributed by atoms with Crippen molar-refractivity contribution in [2.24, 2.45) is 5.11 Å². The maximum absolute atomic E-state index is 13.8. The molecule has 1 N–H and O–H groups in total. The first kappa shape index (κ1) is 25.5. The van der Waals surface area contributed by atoms with Gasteiger partial charge >= 0.3 is 6.09 Å². The van der Waals surface area contributed by atoms with Crippen LogP contribution in [0.25, 0.3) is 10.4 Å². The van der Waals surface area contributed by atoms with Crippen molar-refractivity contribution >= 4 is 12.0 Å². The lowest BCUT2D eigenvalue weighted by Crippen LogP contribution is -2.55. The number of nitrogens with one attached hydrogen (secondary N) is 1. The van der Waals surface area contributed by atoms with Gasteiger partial charge in [0.2, 0.25) is 0 Å². The number of fused-ring (bicyclic) bond motifs is 1. The normalized spacial score (nSPS) is 23.7. The van der Waals surface area contributed by atoms with E-state index in [1.165, 1.54) is 12.1 Å². The van der Waals surface area contributed by atoms with Crippen LogP contribution in [0.3, 0.4) is 0 Å². The standard InChI is InChI=1S/C26H30FN5O4/c1-26(2,3)36-25(34)29-21-15-35-22(14-20(21)30-31-28)24(33)32-13-12-16-6-4-5-7-19(16)23(32)17-8-10-18(27)11-9-17/h4-11,20-23H,12-15H2,1-3H3,(H,29,34)/t20-,21-,22+,23-/m0/s1. The number of carbonyl (C=O) groups excluding carboxylic acids is 2. The van der Waals surface area contributed by atoms with E-state index in [1.807, 2.05) is 24.3 Å². The second-order valence-electron chi connectivity index (χ2n) is 10.0. The molecule has 2 heterocycles. The van der Waals surface area contributed by atoms with Gasteiger partial charge in [-0.2, -0.15) is 0 Å². The van der Waals surface area contributed by atoms with Gasteiger partial charge in [-0.1, -0.05) is 41.5 Å². The Balaban J connectivity index is 1.55. The van der Waals surface area contributed by atoms with Crippen LogP contribution in [0.1, 0.15) is 49.9 Å². The van der Waals surface area contributed by atoms with Crippen molar-refractivity contribution < 1.29 is 23.5 Å². The van der Waals surface area contributed by atoms with Gasteiger partial charge in [-0.05, 0) is 68.0 Å². The number of hydrogen-bond acceptors (Lipinski definition) is 5. The van der Waals surface area contributed by atoms with Crippen molar-refractivity contribution in [2.75, 3.05) is 13.2 Å². The topological polar surface area (TPSA) is 117 Å². The zero-order chi connectivity index (χ0) is 25.9. The van der Waals surface area contributed by atoms with E-state index >= 15 is 0 Å². The fourth-order valence-electron chi connectivity index (χ4n) is 4.74. The monoisotopic (exact) mass is 495 g/mol. The predicted molar refractivity (Wildman–Crippen MR) is 131 cm³/mol. The number of carbonyl (C=O) groups is 2. The Morgan fingerprint density at radius 2 is 1.92 bits per heavy atom. The summed E-state index contributed by atoms with van der Waals surface area (Å²) in [4.78, 5) is 30.7. The second kappa shape index (κ2) is 10.6. The second-order valence-corrected chi connectivity index (χ2v) is 10.0. The molecule has 2 aliphatic rings. The molecule has 2 aromatic rings. The van der Waals surface area contributed by atoms with Gasteiger partial charge in [-0.3, -0.25) is 4.79 Å². The number of nitrogens with zero attached hydrogens (tertiary/aromatic N) is 4. The van der Waals surface area contributed by atoms with Crippen molar-refractivity contribution in [3.8, 4) is 0 Å². The highest BCUT2D eigenvalue weighted by Gasteiger charge is 2.41. The van der Waals surface area contributed by atoms with E-state index in [9.17, 15) is 14.0 Å². The van der Waals surface area contributed by atoms with Gasteiger partial charge in [0.05, 0.1) is 24.7 Å². The highest BCUT2D eigenvalue weighted by atomic mass is 19.1. The minimum absolute atomic E-state index is 0.00895. The van der Waals surface area contributed by atoms with Crippen LogP contribution in [0.15, 0.2) is 53.6 Å². The van der Waals surface area contributed by atoms with Crippen LogP contribution < -0.4 is 5.32 Å². The number of amides is 2. The molecular formula is C26H30FN5O4. The number of rotatable bonds is 4. The predicted octanol–water partition coefficient (Wildman–Crippen LogP) is 4.66. The third kappa shape index (κ3) is 5.78. The molecule has 9 nitrogen and oxygen atoms in total. The summed E-state index contributed by atoms with van der Waals surface area (Å²) in [6.45, 7) is 5.70. The fraction of sp³-hybridized carbons (Fsp3) is 0.462. The molecule has 2 aliphatic heterocycles. The molecule has 190 valence electrons. The fourth-order valence-corrected chi connectivity index (χ4v) is 4.74. The molecule has 10 heteroatoms. The molecule has 1 fully saturated rings. The van der Waals surface area contributed by atoms with Crippen LogP contribution in [-0.2, 0) is 20.7 Å². The molecule has 2 amide bonds. The number of hydrogen-bond donors (Lipinski definition) is 1. The minimum Gasteiger partial charge on any atom is -0.444 e. The summed E-state index contributed by atoms with van der Waals surface area (Å²) in [6.07, 6.45) is -0.722. The zero-order valence-electron chi connectivity index (χ0n) is 20.6. The number of alkyl carbamates (subject to hydrolysis) is 1. The molecule has 0 aromatic heterocycles. The Hall–Kier alpha value is -3.62. The van der Waals surface area contributed by atoms with Gasteiger partial charge in [-0.25, -0.2) is 9.18 Å². The Morgan fingerprint density at radius 3 is 2.61 bits per heavy atom. The Bertz CT molecular complexity index is 1160. The molecule has 0 bridgehead atoms. The molecular weight excluding hydrogens is 465 g/mol. The summed E-state index contributed by atoms with van der Waals surface area (Å²) in [6, 6.07) is 12.3. The summed E-state index contributed by atoms with van der Waals surface area (Å²) < 4.78 is 24.8. The van der Waals surface area contributed by atoms with Crippen LogP contribution in [0.2, 0.25) is 0 Å². The lowest BCUT2D eigenvalue weighted by Gasteiger charge is -2.41. The zero-order valence-corrected chi connectivity index (χ0v) is 20.6. The lowest BCUT2D eigenvalue weighted by molar-refractivity contribution is -0.150. The molecule has 0 saturated carbocycles. The van der Waals surface area contributed by atoms with E-state index in [4.69, 9.17) is 15.0 Å². The van der Waals surface area contributed by atoms with Gasteiger partial charge in [0.15, 0.2) is 0 Å². The van der Waals surface area contributed by atoms with Crippen molar-refractivity contribution in [1.82, 2.24) is 10.2 Å². The number of halogens is 1. The maximum Gasteiger partial charge on any atom is 0.407 e. The molecule has 0 unspecified atom stereocenters. The van der Waals surface area contributed by atoms with Gasteiger partial charge < -0.3 is 19.7 Å². The van der Waals surface area contributed by atoms with Gasteiger partial charge in [0, 0.05) is 11.5 Å². The van der Waals surface area contributed by atoms with Gasteiger partial charge in [0.1, 0.15) is 17.5 Å². The molecule has 0 radical (unpaired) electrons. The van der Waals surface area contributed by atoms with Crippen LogP contribution in [0, 0.1) is 5.82 Å². The van der Waals surface area contributed by atoms with Crippen molar-refractivity contribution in [3.63, 3.8) is 0 Å². The summed E-state index contributed by atoms with van der Waals surface area (Å²) in [7, 11) is 0. The van der Waals surface area contributed by atoms with E-state index in [0.717, 1.165) is 16.7 Å². The highest BCUT2D eigenvalue weighted by molar-refractivity contribution is 5.82. The van der Waals surface area contributed by atoms with Crippen molar-refractivity contribution in [2.45, 2.75) is 63.4 Å². The SMILES string of the molecule is CC(C)(C)OC(=O)N[C@H]1CO[C@@H](C(=O)N2CCc3ccccc3[C@@H]2c2ccc(F)cc2)C[C@@H]1N=[N+]=[N-]. The number of azide groups is 1. The lowest BCUT2D eigenvalue weighted by atomic mass is 9.87. The Labute approximate surface area is 209 Å². The summed E-state index contributed by atoms with van der Waals surface area (Å²) in [5, 5.41) is 6.52. The average Bonchev–Trinajstić information content (AvgIpc) is 2.83. The van der Waals surface area contributed by atoms with Crippen LogP contribution in [0.4, 0.5) is 9.18 Å². The summed E-state index contributed by atoms with van der Waals surface area (Å²) >= 11 is 0. The van der Waals surface area contributed by atoms with E-state index in [-0.39, 0.29) is 24.8 Å². The van der Waals surface area contributed by atoms with E-state index in [1.54, 1.807) is 37.8 Å². The molecule has 1 saturated heterocycles. The number of ether oxygens (including phenoxy) is 2. The minimum atomic E-state index is -0.856. The maximum atomic E-state index is 13.8. The van der Waals surface area contributed by atoms with Gasteiger partial charge in [-0.15, -0.1) is 0 Å². The molecule has 4 atom stereocenters. The third-order valence-electron chi connectivity index (χ3n) is 6.33. The van der Waals surface area contributed by atoms with Gasteiger partial charge in [0.25, 0.3) is 5.91 Å². The Kier molecular flexibility index (Phi) is 7.47. The Morgan fingerprint density at radius 1 is 1.19 bits per heavy atom. The molecule has 4 rings (SSSR count). The van der Waals surface area contributed by atoms with Crippen LogP contribution >= 0.6 is 0 Å². The van der Waals surface area contributed by atoms with E-state index in [0.29, 0.717) is 13.0 Å². The third-order valence-corrected chi connectivity index (χ3v) is 6.33. The van der Waals surface area contributed by atoms with Crippen LogP contribution in [-0.4, -0.2) is 53.8 Å². The summed E-state index contributed by atoms with van der Waals surface area (Å²) in [5.41, 5.74) is 11.3. The van der Waals surface area contributed by atoms with Crippen molar-refractivity contribution in [3.05, 3.63) is 81.5 Å². The first-order valence-corrected chi connectivity index (χ1v) is 12.0. The number of benzene rings is 2. The molecule has 0 aliphatic carbocycles. The highest BCUT2D eigenvalue weighted by Crippen LogP contribution is 2.36. The molecule has 2 aromatic carbocycles. The quantitative estimate of drug-likeness (QED) is 0.377. The molecule has 0 spiro atoms. The first-order valence-electron chi connectivity index (χ1n) is 12.0. The van der Waals surface area contributed by atoms with E-state index in [2.05, 4.69) is 15.3 Å². The van der Waals surface area contributed by atoms with Crippen LogP contribution in [0.5, 0.6) is 0 Å². The van der Waals surface area contributed by atoms with Crippen molar-refractivity contribution in [1.29, 1.82) is 0 Å². The largest absolute Gasteiger partial charge is 0.444 e.